The van der Waals surface area contributed by atoms with Crippen molar-refractivity contribution in [1.82, 2.24) is 4.98 Å². The molecule has 0 unspecified atom stereocenters. The first-order chi connectivity index (χ1) is 12.2. The van der Waals surface area contributed by atoms with E-state index in [-0.39, 0.29) is 12.4 Å². The van der Waals surface area contributed by atoms with Crippen molar-refractivity contribution in [2.24, 2.45) is 0 Å². The zero-order chi connectivity index (χ0) is 17.5. The number of esters is 1. The van der Waals surface area contributed by atoms with Crippen molar-refractivity contribution >= 4 is 28.1 Å². The van der Waals surface area contributed by atoms with Gasteiger partial charge >= 0.3 is 5.97 Å². The largest absolute Gasteiger partial charge is 0.466 e. The van der Waals surface area contributed by atoms with Crippen LogP contribution in [0.4, 0.5) is 10.8 Å². The van der Waals surface area contributed by atoms with Gasteiger partial charge in [-0.15, -0.1) is 11.3 Å². The van der Waals surface area contributed by atoms with Crippen molar-refractivity contribution in [2.75, 3.05) is 11.9 Å². The Labute approximate surface area is 150 Å². The van der Waals surface area contributed by atoms with E-state index < -0.39 is 0 Å². The first kappa shape index (κ1) is 17.0. The van der Waals surface area contributed by atoms with Crippen molar-refractivity contribution in [2.45, 2.75) is 13.3 Å². The van der Waals surface area contributed by atoms with Crippen LogP contribution in [0.25, 0.3) is 0 Å². The number of hydrogen-bond acceptors (Lipinski definition) is 6. The summed E-state index contributed by atoms with van der Waals surface area (Å²) in [6.07, 6.45) is 0.190. The van der Waals surface area contributed by atoms with Gasteiger partial charge in [0.15, 0.2) is 5.13 Å². The lowest BCUT2D eigenvalue weighted by atomic mass is 10.3. The molecule has 0 fully saturated rings. The van der Waals surface area contributed by atoms with Gasteiger partial charge in [0.1, 0.15) is 11.5 Å². The van der Waals surface area contributed by atoms with Crippen LogP contribution in [0.2, 0.25) is 0 Å². The lowest BCUT2D eigenvalue weighted by Crippen LogP contribution is -2.07. The highest BCUT2D eigenvalue weighted by molar-refractivity contribution is 7.13. The summed E-state index contributed by atoms with van der Waals surface area (Å²) in [6, 6.07) is 17.3. The van der Waals surface area contributed by atoms with E-state index in [9.17, 15) is 4.79 Å². The summed E-state index contributed by atoms with van der Waals surface area (Å²) in [5, 5.41) is 5.81. The van der Waals surface area contributed by atoms with Crippen molar-refractivity contribution < 1.29 is 14.3 Å². The number of para-hydroxylation sites is 1. The molecule has 0 aliphatic heterocycles. The maximum absolute atomic E-state index is 11.5. The van der Waals surface area contributed by atoms with E-state index >= 15 is 0 Å². The maximum Gasteiger partial charge on any atom is 0.311 e. The van der Waals surface area contributed by atoms with E-state index in [0.29, 0.717) is 12.3 Å². The fraction of sp³-hybridized carbons (Fsp3) is 0.158. The molecule has 3 rings (SSSR count). The molecule has 0 radical (unpaired) electrons. The van der Waals surface area contributed by atoms with Gasteiger partial charge in [-0.25, -0.2) is 4.98 Å². The predicted octanol–water partition coefficient (Wildman–Crippen LogP) is 4.78. The minimum Gasteiger partial charge on any atom is -0.466 e. The molecule has 5 nitrogen and oxygen atoms in total. The summed E-state index contributed by atoms with van der Waals surface area (Å²) >= 11 is 1.45. The van der Waals surface area contributed by atoms with E-state index in [1.54, 1.807) is 6.92 Å². The Morgan fingerprint density at radius 3 is 2.52 bits per heavy atom. The van der Waals surface area contributed by atoms with Crippen LogP contribution in [-0.2, 0) is 16.0 Å². The van der Waals surface area contributed by atoms with Crippen LogP contribution in [0.3, 0.4) is 0 Å². The number of nitrogens with one attached hydrogen (secondary N) is 1. The molecule has 0 aliphatic carbocycles. The monoisotopic (exact) mass is 354 g/mol. The molecule has 0 saturated carbocycles. The number of aromatic nitrogens is 1. The Bertz CT molecular complexity index is 816. The number of thiazole rings is 1. The molecule has 0 aliphatic rings. The molecule has 0 bridgehead atoms. The van der Waals surface area contributed by atoms with E-state index in [0.717, 1.165) is 22.3 Å². The molecule has 25 heavy (non-hydrogen) atoms. The number of carbonyl (C=O) groups excluding carboxylic acids is 1. The molecule has 1 heterocycles. The van der Waals surface area contributed by atoms with Crippen LogP contribution in [-0.4, -0.2) is 17.6 Å². The molecular weight excluding hydrogens is 336 g/mol. The van der Waals surface area contributed by atoms with Gasteiger partial charge in [0.05, 0.1) is 18.7 Å². The lowest BCUT2D eigenvalue weighted by molar-refractivity contribution is -0.142. The third-order valence-electron chi connectivity index (χ3n) is 3.27. The van der Waals surface area contributed by atoms with Gasteiger partial charge in [0.2, 0.25) is 0 Å². The summed E-state index contributed by atoms with van der Waals surface area (Å²) in [4.78, 5) is 15.9. The zero-order valence-corrected chi connectivity index (χ0v) is 14.6. The average molecular weight is 354 g/mol. The average Bonchev–Trinajstić information content (AvgIpc) is 3.04. The second kappa shape index (κ2) is 8.30. The highest BCUT2D eigenvalue weighted by Crippen LogP contribution is 2.25. The minimum absolute atomic E-state index is 0.190. The van der Waals surface area contributed by atoms with Crippen molar-refractivity contribution in [3.8, 4) is 11.5 Å². The summed E-state index contributed by atoms with van der Waals surface area (Å²) in [5.74, 6) is 1.30. The highest BCUT2D eigenvalue weighted by atomic mass is 32.1. The predicted molar refractivity (Wildman–Crippen MR) is 98.7 cm³/mol. The SMILES string of the molecule is CCOC(=O)Cc1csc(Nc2ccc(Oc3ccccc3)cc2)n1. The number of rotatable bonds is 7. The number of ether oxygens (including phenoxy) is 2. The highest BCUT2D eigenvalue weighted by Gasteiger charge is 2.08. The van der Waals surface area contributed by atoms with Gasteiger partial charge in [0.25, 0.3) is 0 Å². The van der Waals surface area contributed by atoms with Crippen LogP contribution >= 0.6 is 11.3 Å². The summed E-state index contributed by atoms with van der Waals surface area (Å²) in [7, 11) is 0. The molecule has 128 valence electrons. The summed E-state index contributed by atoms with van der Waals surface area (Å²) in [5.41, 5.74) is 1.60. The molecule has 2 aromatic carbocycles. The number of benzene rings is 2. The van der Waals surface area contributed by atoms with Crippen LogP contribution in [0, 0.1) is 0 Å². The molecule has 1 N–H and O–H groups in total. The third kappa shape index (κ3) is 5.06. The van der Waals surface area contributed by atoms with Gasteiger partial charge in [-0.3, -0.25) is 4.79 Å². The first-order valence-electron chi connectivity index (χ1n) is 7.93. The standard InChI is InChI=1S/C19H18N2O3S/c1-2-23-18(22)12-15-13-25-19(21-15)20-14-8-10-17(11-9-14)24-16-6-4-3-5-7-16/h3-11,13H,2,12H2,1H3,(H,20,21). The van der Waals surface area contributed by atoms with Crippen LogP contribution in [0.15, 0.2) is 60.0 Å². The molecule has 0 saturated heterocycles. The molecule has 3 aromatic rings. The molecule has 6 heteroatoms. The number of hydrogen-bond donors (Lipinski definition) is 1. The molecular formula is C19H18N2O3S. The normalized spacial score (nSPS) is 10.3. The van der Waals surface area contributed by atoms with Crippen LogP contribution < -0.4 is 10.1 Å². The molecule has 1 aromatic heterocycles. The topological polar surface area (TPSA) is 60.5 Å². The molecule has 0 amide bonds. The van der Waals surface area contributed by atoms with Crippen LogP contribution in [0.5, 0.6) is 11.5 Å². The van der Waals surface area contributed by atoms with Crippen LogP contribution in [0.1, 0.15) is 12.6 Å². The second-order valence-corrected chi connectivity index (χ2v) is 6.05. The van der Waals surface area contributed by atoms with Gasteiger partial charge < -0.3 is 14.8 Å². The Hall–Kier alpha value is -2.86. The van der Waals surface area contributed by atoms with E-state index in [1.165, 1.54) is 11.3 Å². The van der Waals surface area contributed by atoms with Crippen molar-refractivity contribution in [3.05, 3.63) is 65.7 Å². The fourth-order valence-corrected chi connectivity index (χ4v) is 2.89. The number of anilines is 2. The van der Waals surface area contributed by atoms with Crippen molar-refractivity contribution in [1.29, 1.82) is 0 Å². The molecule has 0 spiro atoms. The Kier molecular flexibility index (Phi) is 5.64. The summed E-state index contributed by atoms with van der Waals surface area (Å²) < 4.78 is 10.7. The second-order valence-electron chi connectivity index (χ2n) is 5.19. The third-order valence-corrected chi connectivity index (χ3v) is 4.07. The minimum atomic E-state index is -0.262. The smallest absolute Gasteiger partial charge is 0.311 e. The Morgan fingerprint density at radius 2 is 1.80 bits per heavy atom. The van der Waals surface area contributed by atoms with E-state index in [1.807, 2.05) is 60.0 Å². The van der Waals surface area contributed by atoms with Gasteiger partial charge in [-0.1, -0.05) is 18.2 Å². The Morgan fingerprint density at radius 1 is 1.08 bits per heavy atom. The van der Waals surface area contributed by atoms with Gasteiger partial charge in [-0.2, -0.15) is 0 Å². The van der Waals surface area contributed by atoms with E-state index in [4.69, 9.17) is 9.47 Å². The quantitative estimate of drug-likeness (QED) is 0.619. The lowest BCUT2D eigenvalue weighted by Gasteiger charge is -2.07. The van der Waals surface area contributed by atoms with E-state index in [2.05, 4.69) is 10.3 Å². The maximum atomic E-state index is 11.5. The Balaban J connectivity index is 1.58. The van der Waals surface area contributed by atoms with Gasteiger partial charge in [-0.05, 0) is 43.3 Å². The van der Waals surface area contributed by atoms with Gasteiger partial charge in [0, 0.05) is 11.1 Å². The summed E-state index contributed by atoms with van der Waals surface area (Å²) in [6.45, 7) is 2.17. The molecule has 0 atom stereocenters. The number of nitrogens with zero attached hydrogens (tertiary/aromatic N) is 1. The first-order valence-corrected chi connectivity index (χ1v) is 8.81. The fourth-order valence-electron chi connectivity index (χ4n) is 2.16. The van der Waals surface area contributed by atoms with Crippen molar-refractivity contribution in [3.63, 3.8) is 0 Å². The number of carbonyl (C=O) groups is 1. The zero-order valence-electron chi connectivity index (χ0n) is 13.8.